The number of aromatic nitrogens is 5. The second kappa shape index (κ2) is 9.13. The van der Waals surface area contributed by atoms with E-state index in [1.165, 1.54) is 14.2 Å². The van der Waals surface area contributed by atoms with Gasteiger partial charge in [0.1, 0.15) is 17.2 Å². The van der Waals surface area contributed by atoms with Crippen molar-refractivity contribution in [3.63, 3.8) is 0 Å². The van der Waals surface area contributed by atoms with E-state index in [4.69, 9.17) is 9.47 Å². The number of rotatable bonds is 6. The van der Waals surface area contributed by atoms with Crippen LogP contribution in [0.3, 0.4) is 0 Å². The summed E-state index contributed by atoms with van der Waals surface area (Å²) >= 11 is 0. The summed E-state index contributed by atoms with van der Waals surface area (Å²) < 4.78 is 11.5. The van der Waals surface area contributed by atoms with Crippen LogP contribution in [-0.2, 0) is 15.9 Å². The van der Waals surface area contributed by atoms with E-state index in [1.807, 2.05) is 58.0 Å². The Hall–Kier alpha value is -3.82. The number of nitrogens with zero attached hydrogens (tertiary/aromatic N) is 5. The molecule has 0 aliphatic rings. The molecule has 10 heteroatoms. The molecule has 0 atom stereocenters. The summed E-state index contributed by atoms with van der Waals surface area (Å²) in [4.78, 5) is 34.2. The summed E-state index contributed by atoms with van der Waals surface area (Å²) in [6.07, 6.45) is 0.539. The van der Waals surface area contributed by atoms with Crippen LogP contribution < -0.4 is 5.32 Å². The molecule has 1 aromatic carbocycles. The normalized spacial score (nSPS) is 11.2. The number of hydrogen-bond donors (Lipinski definition) is 1. The third-order valence-electron chi connectivity index (χ3n) is 4.44. The van der Waals surface area contributed by atoms with Crippen molar-refractivity contribution in [2.45, 2.75) is 39.7 Å². The lowest BCUT2D eigenvalue weighted by Crippen LogP contribution is -2.30. The van der Waals surface area contributed by atoms with Crippen LogP contribution in [-0.4, -0.2) is 56.4 Å². The van der Waals surface area contributed by atoms with Gasteiger partial charge in [-0.05, 0) is 20.8 Å². The number of carbonyl (C=O) groups excluding carboxylic acids is 2. The minimum Gasteiger partial charge on any atom is -0.465 e. The monoisotopic (exact) mass is 438 g/mol. The van der Waals surface area contributed by atoms with E-state index in [-0.39, 0.29) is 23.0 Å². The van der Waals surface area contributed by atoms with E-state index in [0.29, 0.717) is 18.1 Å². The zero-order valence-electron chi connectivity index (χ0n) is 19.0. The number of methoxy groups -OCH3 is 2. The lowest BCUT2D eigenvalue weighted by atomic mass is 10.1. The van der Waals surface area contributed by atoms with Crippen LogP contribution >= 0.6 is 0 Å². The Morgan fingerprint density at radius 3 is 2.22 bits per heavy atom. The van der Waals surface area contributed by atoms with Crippen molar-refractivity contribution in [2.75, 3.05) is 19.5 Å². The summed E-state index contributed by atoms with van der Waals surface area (Å²) in [6.45, 7) is 7.63. The lowest BCUT2D eigenvalue weighted by molar-refractivity contribution is 0.0550. The first-order valence-electron chi connectivity index (χ1n) is 10.1. The van der Waals surface area contributed by atoms with Gasteiger partial charge in [-0.3, -0.25) is 0 Å². The van der Waals surface area contributed by atoms with Crippen LogP contribution in [0.1, 0.15) is 54.4 Å². The number of esters is 2. The number of ether oxygens (including phenoxy) is 2. The molecule has 0 amide bonds. The van der Waals surface area contributed by atoms with E-state index >= 15 is 0 Å². The minimum absolute atomic E-state index is 0.106. The molecule has 0 radical (unpaired) electrons. The third-order valence-corrected chi connectivity index (χ3v) is 4.44. The molecule has 3 rings (SSSR count). The summed E-state index contributed by atoms with van der Waals surface area (Å²) in [5, 5.41) is 11.7. The molecule has 0 aliphatic heterocycles. The fourth-order valence-corrected chi connectivity index (χ4v) is 3.06. The fraction of sp³-hybridized carbons (Fsp3) is 0.364. The van der Waals surface area contributed by atoms with E-state index in [0.717, 1.165) is 5.56 Å². The average Bonchev–Trinajstić information content (AvgIpc) is 3.21. The van der Waals surface area contributed by atoms with Gasteiger partial charge in [-0.2, -0.15) is 4.98 Å². The Balaban J connectivity index is 2.36. The van der Waals surface area contributed by atoms with Gasteiger partial charge in [0.15, 0.2) is 11.5 Å². The van der Waals surface area contributed by atoms with Crippen molar-refractivity contribution in [3.05, 3.63) is 47.4 Å². The van der Waals surface area contributed by atoms with Crippen molar-refractivity contribution in [3.8, 4) is 17.3 Å². The first-order chi connectivity index (χ1) is 15.2. The lowest BCUT2D eigenvalue weighted by Gasteiger charge is -2.24. The first-order valence-corrected chi connectivity index (χ1v) is 10.1. The number of hydrogen-bond acceptors (Lipinski definition) is 9. The molecule has 0 bridgehead atoms. The van der Waals surface area contributed by atoms with E-state index in [9.17, 15) is 9.59 Å². The number of anilines is 1. The maximum Gasteiger partial charge on any atom is 0.357 e. The molecule has 2 aromatic heterocycles. The van der Waals surface area contributed by atoms with Gasteiger partial charge < -0.3 is 14.8 Å². The fourth-order valence-electron chi connectivity index (χ4n) is 3.06. The molecule has 0 spiro atoms. The molecule has 0 saturated carbocycles. The highest BCUT2D eigenvalue weighted by atomic mass is 16.5. The topological polar surface area (TPSA) is 121 Å². The van der Waals surface area contributed by atoms with Gasteiger partial charge in [-0.1, -0.05) is 37.3 Å². The molecule has 10 nitrogen and oxygen atoms in total. The predicted octanol–water partition coefficient (Wildman–Crippen LogP) is 3.07. The summed E-state index contributed by atoms with van der Waals surface area (Å²) in [7, 11) is 2.44. The molecule has 0 unspecified atom stereocenters. The number of carbonyl (C=O) groups is 2. The molecule has 32 heavy (non-hydrogen) atoms. The van der Waals surface area contributed by atoms with Crippen molar-refractivity contribution >= 4 is 17.8 Å². The van der Waals surface area contributed by atoms with Crippen LogP contribution in [0, 0.1) is 0 Å². The van der Waals surface area contributed by atoms with E-state index in [1.54, 1.807) is 4.57 Å². The smallest absolute Gasteiger partial charge is 0.357 e. The molecular weight excluding hydrogens is 412 g/mol. The quantitative estimate of drug-likeness (QED) is 0.579. The molecule has 0 saturated heterocycles. The number of aryl methyl sites for hydroxylation is 1. The van der Waals surface area contributed by atoms with Crippen LogP contribution in [0.5, 0.6) is 0 Å². The molecule has 0 fully saturated rings. The van der Waals surface area contributed by atoms with Gasteiger partial charge in [-0.15, -0.1) is 10.2 Å². The highest BCUT2D eigenvalue weighted by molar-refractivity contribution is 6.05. The Morgan fingerprint density at radius 2 is 1.66 bits per heavy atom. The van der Waals surface area contributed by atoms with Gasteiger partial charge in [-0.25, -0.2) is 19.1 Å². The van der Waals surface area contributed by atoms with E-state index in [2.05, 4.69) is 25.5 Å². The van der Waals surface area contributed by atoms with Gasteiger partial charge in [0.25, 0.3) is 0 Å². The minimum atomic E-state index is -0.793. The van der Waals surface area contributed by atoms with Crippen molar-refractivity contribution in [1.82, 2.24) is 24.7 Å². The standard InChI is InChI=1S/C22H26N6O4/c1-7-14-26-27-18(13-11-9-8-10-12-13)28(14)21-23-16(20(30)32-6)15(19(29)31-5)17(24-21)25-22(2,3)4/h8-12H,7H2,1-6H3,(H,23,24,25). The van der Waals surface area contributed by atoms with Crippen LogP contribution in [0.15, 0.2) is 30.3 Å². The third kappa shape index (κ3) is 4.58. The highest BCUT2D eigenvalue weighted by Gasteiger charge is 2.30. The van der Waals surface area contributed by atoms with Gasteiger partial charge in [0.2, 0.25) is 5.95 Å². The Kier molecular flexibility index (Phi) is 6.52. The van der Waals surface area contributed by atoms with Gasteiger partial charge >= 0.3 is 11.9 Å². The molecule has 168 valence electrons. The van der Waals surface area contributed by atoms with Crippen LogP contribution in [0.2, 0.25) is 0 Å². The Bertz CT molecular complexity index is 1140. The summed E-state index contributed by atoms with van der Waals surface area (Å²) in [5.41, 5.74) is -0.00766. The van der Waals surface area contributed by atoms with Crippen molar-refractivity contribution in [2.24, 2.45) is 0 Å². The largest absolute Gasteiger partial charge is 0.465 e. The Morgan fingerprint density at radius 1 is 1.00 bits per heavy atom. The molecule has 1 N–H and O–H groups in total. The average molecular weight is 438 g/mol. The van der Waals surface area contributed by atoms with E-state index < -0.39 is 17.5 Å². The number of benzene rings is 1. The first kappa shape index (κ1) is 22.9. The maximum absolute atomic E-state index is 12.6. The van der Waals surface area contributed by atoms with Crippen LogP contribution in [0.25, 0.3) is 17.3 Å². The molecule has 2 heterocycles. The maximum atomic E-state index is 12.6. The second-order valence-corrected chi connectivity index (χ2v) is 7.95. The van der Waals surface area contributed by atoms with Crippen LogP contribution in [0.4, 0.5) is 5.82 Å². The zero-order valence-corrected chi connectivity index (χ0v) is 19.0. The molecular formula is C22H26N6O4. The summed E-state index contributed by atoms with van der Waals surface area (Å²) in [5.74, 6) is -0.183. The predicted molar refractivity (Wildman–Crippen MR) is 118 cm³/mol. The van der Waals surface area contributed by atoms with Crippen molar-refractivity contribution < 1.29 is 19.1 Å². The molecule has 3 aromatic rings. The van der Waals surface area contributed by atoms with Crippen molar-refractivity contribution in [1.29, 1.82) is 0 Å². The highest BCUT2D eigenvalue weighted by Crippen LogP contribution is 2.27. The van der Waals surface area contributed by atoms with Gasteiger partial charge in [0.05, 0.1) is 14.2 Å². The molecule has 0 aliphatic carbocycles. The Labute approximate surface area is 186 Å². The zero-order chi connectivity index (χ0) is 23.5. The SMILES string of the molecule is CCc1nnc(-c2ccccc2)n1-c1nc(NC(C)(C)C)c(C(=O)OC)c(C(=O)OC)n1. The van der Waals surface area contributed by atoms with Gasteiger partial charge in [0, 0.05) is 17.5 Å². The second-order valence-electron chi connectivity index (χ2n) is 7.95. The summed E-state index contributed by atoms with van der Waals surface area (Å²) in [6, 6.07) is 9.44. The number of nitrogens with one attached hydrogen (secondary N) is 1.